The highest BCUT2D eigenvalue weighted by molar-refractivity contribution is 7.99. The van der Waals surface area contributed by atoms with Gasteiger partial charge in [-0.3, -0.25) is 9.78 Å². The van der Waals surface area contributed by atoms with Gasteiger partial charge in [0, 0.05) is 26.2 Å². The number of piperazine rings is 1. The first kappa shape index (κ1) is 15.1. The SMILES string of the molecule is CCC(SC)C(=O)N1CCN(c2cncc3ncnn23)CC1. The molecule has 7 nitrogen and oxygen atoms in total. The number of hydrogen-bond donors (Lipinski definition) is 0. The molecular weight excluding hydrogens is 300 g/mol. The Morgan fingerprint density at radius 3 is 2.77 bits per heavy atom. The van der Waals surface area contributed by atoms with Crippen LogP contribution in [0.4, 0.5) is 5.82 Å². The van der Waals surface area contributed by atoms with Crippen LogP contribution in [0.15, 0.2) is 18.7 Å². The zero-order valence-corrected chi connectivity index (χ0v) is 13.7. The van der Waals surface area contributed by atoms with Crippen LogP contribution in [0.25, 0.3) is 5.65 Å². The first-order valence-electron chi connectivity index (χ1n) is 7.45. The lowest BCUT2D eigenvalue weighted by Gasteiger charge is -2.36. The Balaban J connectivity index is 1.69. The quantitative estimate of drug-likeness (QED) is 0.834. The number of fused-ring (bicyclic) bond motifs is 1. The molecule has 22 heavy (non-hydrogen) atoms. The van der Waals surface area contributed by atoms with E-state index in [9.17, 15) is 4.79 Å². The lowest BCUT2D eigenvalue weighted by atomic mass is 10.2. The Morgan fingerprint density at radius 2 is 2.09 bits per heavy atom. The molecule has 0 aliphatic carbocycles. The molecule has 1 atom stereocenters. The van der Waals surface area contributed by atoms with Crippen LogP contribution in [0.1, 0.15) is 13.3 Å². The fourth-order valence-electron chi connectivity index (χ4n) is 2.76. The van der Waals surface area contributed by atoms with Crippen molar-refractivity contribution in [1.82, 2.24) is 24.5 Å². The highest BCUT2D eigenvalue weighted by Gasteiger charge is 2.26. The summed E-state index contributed by atoms with van der Waals surface area (Å²) in [5, 5.41) is 4.32. The van der Waals surface area contributed by atoms with Crippen molar-refractivity contribution in [2.45, 2.75) is 18.6 Å². The van der Waals surface area contributed by atoms with Gasteiger partial charge in [0.1, 0.15) is 6.33 Å². The van der Waals surface area contributed by atoms with E-state index in [0.29, 0.717) is 0 Å². The van der Waals surface area contributed by atoms with E-state index >= 15 is 0 Å². The Hall–Kier alpha value is -1.83. The summed E-state index contributed by atoms with van der Waals surface area (Å²) in [4.78, 5) is 25.0. The summed E-state index contributed by atoms with van der Waals surface area (Å²) in [6.07, 6.45) is 7.91. The molecular formula is C14H20N6OS. The van der Waals surface area contributed by atoms with Crippen molar-refractivity contribution in [3.8, 4) is 0 Å². The van der Waals surface area contributed by atoms with E-state index in [2.05, 4.69) is 26.9 Å². The van der Waals surface area contributed by atoms with Gasteiger partial charge < -0.3 is 9.80 Å². The molecule has 0 N–H and O–H groups in total. The smallest absolute Gasteiger partial charge is 0.235 e. The second kappa shape index (κ2) is 6.51. The summed E-state index contributed by atoms with van der Waals surface area (Å²) < 4.78 is 1.79. The second-order valence-corrected chi connectivity index (χ2v) is 6.28. The van der Waals surface area contributed by atoms with Gasteiger partial charge in [-0.15, -0.1) is 0 Å². The third-order valence-corrected chi connectivity index (χ3v) is 5.12. The molecule has 0 aromatic carbocycles. The van der Waals surface area contributed by atoms with E-state index in [4.69, 9.17) is 0 Å². The van der Waals surface area contributed by atoms with E-state index in [0.717, 1.165) is 44.1 Å². The minimum atomic E-state index is 0.0759. The highest BCUT2D eigenvalue weighted by Crippen LogP contribution is 2.19. The molecule has 0 saturated carbocycles. The molecule has 0 radical (unpaired) electrons. The van der Waals surface area contributed by atoms with E-state index in [1.165, 1.54) is 6.33 Å². The number of rotatable bonds is 4. The molecule has 1 aliphatic rings. The minimum Gasteiger partial charge on any atom is -0.352 e. The molecule has 2 aromatic heterocycles. The molecule has 1 unspecified atom stereocenters. The maximum Gasteiger partial charge on any atom is 0.235 e. The molecule has 2 aromatic rings. The van der Waals surface area contributed by atoms with Crippen LogP contribution in [-0.4, -0.2) is 68.1 Å². The third-order valence-electron chi connectivity index (χ3n) is 4.02. The summed E-state index contributed by atoms with van der Waals surface area (Å²) >= 11 is 1.63. The lowest BCUT2D eigenvalue weighted by Crippen LogP contribution is -2.51. The van der Waals surface area contributed by atoms with Crippen LogP contribution >= 0.6 is 11.8 Å². The van der Waals surface area contributed by atoms with Crippen LogP contribution in [0, 0.1) is 0 Å². The van der Waals surface area contributed by atoms with E-state index in [-0.39, 0.29) is 11.2 Å². The first-order chi connectivity index (χ1) is 10.7. The van der Waals surface area contributed by atoms with Crippen molar-refractivity contribution in [2.75, 3.05) is 37.3 Å². The fourth-order valence-corrected chi connectivity index (χ4v) is 3.44. The average Bonchev–Trinajstić information content (AvgIpc) is 3.04. The predicted molar refractivity (Wildman–Crippen MR) is 87.2 cm³/mol. The maximum atomic E-state index is 12.4. The molecule has 0 bridgehead atoms. The number of anilines is 1. The molecule has 118 valence electrons. The molecule has 0 spiro atoms. The molecule has 3 heterocycles. The van der Waals surface area contributed by atoms with Gasteiger partial charge in [-0.1, -0.05) is 6.92 Å². The minimum absolute atomic E-state index is 0.0759. The molecule has 1 aliphatic heterocycles. The van der Waals surface area contributed by atoms with E-state index in [1.54, 1.807) is 28.7 Å². The summed E-state index contributed by atoms with van der Waals surface area (Å²) in [6.45, 7) is 5.11. The van der Waals surface area contributed by atoms with Crippen molar-refractivity contribution in [3.63, 3.8) is 0 Å². The van der Waals surface area contributed by atoms with Crippen LogP contribution in [0.5, 0.6) is 0 Å². The molecule has 8 heteroatoms. The predicted octanol–water partition coefficient (Wildman–Crippen LogP) is 0.915. The number of thioether (sulfide) groups is 1. The summed E-state index contributed by atoms with van der Waals surface area (Å²) in [5.74, 6) is 1.19. The van der Waals surface area contributed by atoms with E-state index in [1.807, 2.05) is 11.2 Å². The summed E-state index contributed by atoms with van der Waals surface area (Å²) in [5.41, 5.74) is 0.740. The number of carbonyl (C=O) groups excluding carboxylic acids is 1. The zero-order valence-electron chi connectivity index (χ0n) is 12.8. The van der Waals surface area contributed by atoms with Gasteiger partial charge in [0.2, 0.25) is 5.91 Å². The van der Waals surface area contributed by atoms with E-state index < -0.39 is 0 Å². The van der Waals surface area contributed by atoms with Gasteiger partial charge in [-0.2, -0.15) is 21.4 Å². The van der Waals surface area contributed by atoms with Gasteiger partial charge >= 0.3 is 0 Å². The van der Waals surface area contributed by atoms with Crippen molar-refractivity contribution in [2.24, 2.45) is 0 Å². The number of carbonyl (C=O) groups is 1. The Bertz CT molecular complexity index is 648. The average molecular weight is 320 g/mol. The van der Waals surface area contributed by atoms with Crippen LogP contribution in [-0.2, 0) is 4.79 Å². The number of nitrogens with zero attached hydrogens (tertiary/aromatic N) is 6. The van der Waals surface area contributed by atoms with Gasteiger partial charge in [-0.25, -0.2) is 4.98 Å². The van der Waals surface area contributed by atoms with Crippen LogP contribution in [0.3, 0.4) is 0 Å². The number of amides is 1. The molecule has 3 rings (SSSR count). The van der Waals surface area contributed by atoms with Crippen molar-refractivity contribution in [3.05, 3.63) is 18.7 Å². The Kier molecular flexibility index (Phi) is 4.47. The number of hydrogen-bond acceptors (Lipinski definition) is 6. The van der Waals surface area contributed by atoms with Gasteiger partial charge in [0.15, 0.2) is 11.5 Å². The summed E-state index contributed by atoms with van der Waals surface area (Å²) in [6, 6.07) is 0. The largest absolute Gasteiger partial charge is 0.352 e. The van der Waals surface area contributed by atoms with Crippen molar-refractivity contribution < 1.29 is 4.79 Å². The Morgan fingerprint density at radius 1 is 1.32 bits per heavy atom. The molecule has 1 fully saturated rings. The molecule has 1 saturated heterocycles. The van der Waals surface area contributed by atoms with Crippen molar-refractivity contribution >= 4 is 29.1 Å². The topological polar surface area (TPSA) is 66.6 Å². The van der Waals surface area contributed by atoms with Crippen molar-refractivity contribution in [1.29, 1.82) is 0 Å². The maximum absolute atomic E-state index is 12.4. The Labute approximate surface area is 133 Å². The molecule has 1 amide bonds. The highest BCUT2D eigenvalue weighted by atomic mass is 32.2. The fraction of sp³-hybridized carbons (Fsp3) is 0.571. The van der Waals surface area contributed by atoms with Gasteiger partial charge in [0.05, 0.1) is 17.6 Å². The monoisotopic (exact) mass is 320 g/mol. The normalized spacial score (nSPS) is 17.0. The van der Waals surface area contributed by atoms with Gasteiger partial charge in [0.25, 0.3) is 0 Å². The number of aromatic nitrogens is 4. The standard InChI is InChI=1S/C14H20N6OS/c1-3-11(22-2)14(21)19-6-4-18(5-7-19)13-9-15-8-12-16-10-17-20(12)13/h8-11H,3-7H2,1-2H3. The summed E-state index contributed by atoms with van der Waals surface area (Å²) in [7, 11) is 0. The van der Waals surface area contributed by atoms with Crippen LogP contribution in [0.2, 0.25) is 0 Å². The van der Waals surface area contributed by atoms with Gasteiger partial charge in [-0.05, 0) is 12.7 Å². The second-order valence-electron chi connectivity index (χ2n) is 5.24. The third kappa shape index (κ3) is 2.75. The van der Waals surface area contributed by atoms with Crippen LogP contribution < -0.4 is 4.90 Å². The first-order valence-corrected chi connectivity index (χ1v) is 8.73. The lowest BCUT2D eigenvalue weighted by molar-refractivity contribution is -0.130. The zero-order chi connectivity index (χ0) is 15.5.